The summed E-state index contributed by atoms with van der Waals surface area (Å²) in [6, 6.07) is 8.88. The lowest BCUT2D eigenvalue weighted by Crippen LogP contribution is -2.35. The Kier molecular flexibility index (Phi) is 8.11. The zero-order chi connectivity index (χ0) is 21.5. The van der Waals surface area contributed by atoms with Gasteiger partial charge >= 0.3 is 0 Å². The molecule has 0 aliphatic heterocycles. The molecule has 0 bridgehead atoms. The molecule has 3 rings (SSSR count). The number of fused-ring (bicyclic) bond motifs is 1. The second-order valence-electron chi connectivity index (χ2n) is 7.90. The number of thioether (sulfide) groups is 1. The number of allylic oxidation sites excluding steroid dienone is 3. The van der Waals surface area contributed by atoms with Gasteiger partial charge in [0.25, 0.3) is 0 Å². The molecule has 2 N–H and O–H groups in total. The molecule has 0 spiro atoms. The topological polar surface area (TPSA) is 37.0 Å². The van der Waals surface area contributed by atoms with Crippen molar-refractivity contribution >= 4 is 33.3 Å². The van der Waals surface area contributed by atoms with E-state index >= 15 is 0 Å². The zero-order valence-electron chi connectivity index (χ0n) is 18.0. The maximum atomic E-state index is 12.3. The Hall–Kier alpha value is -2.11. The fourth-order valence-electron chi connectivity index (χ4n) is 3.87. The summed E-state index contributed by atoms with van der Waals surface area (Å²) in [7, 11) is 0. The average molecular weight is 426 g/mol. The summed E-state index contributed by atoms with van der Waals surface area (Å²) in [5.74, 6) is 1.25. The van der Waals surface area contributed by atoms with Crippen molar-refractivity contribution in [3.63, 3.8) is 0 Å². The maximum absolute atomic E-state index is 12.3. The molecule has 0 radical (unpaired) electrons. The van der Waals surface area contributed by atoms with Crippen LogP contribution in [0, 0.1) is 5.92 Å². The number of hydrogen-bond acceptors (Lipinski definition) is 4. The van der Waals surface area contributed by atoms with E-state index < -0.39 is 0 Å². The van der Waals surface area contributed by atoms with Gasteiger partial charge in [-0.3, -0.25) is 0 Å². The molecule has 30 heavy (non-hydrogen) atoms. The minimum absolute atomic E-state index is 0.301. The fourth-order valence-corrected chi connectivity index (χ4v) is 4.62. The Morgan fingerprint density at radius 1 is 1.20 bits per heavy atom. The molecule has 1 heterocycles. The average Bonchev–Trinajstić information content (AvgIpc) is 2.77. The Balaban J connectivity index is 1.65. The van der Waals surface area contributed by atoms with E-state index in [1.807, 2.05) is 13.1 Å². The van der Waals surface area contributed by atoms with Crippen LogP contribution in [0.2, 0.25) is 0 Å². The van der Waals surface area contributed by atoms with Crippen molar-refractivity contribution in [3.05, 3.63) is 65.9 Å². The smallest absolute Gasteiger partial charge is 0.130 e. The summed E-state index contributed by atoms with van der Waals surface area (Å²) in [5.41, 5.74) is 2.15. The molecule has 1 aliphatic carbocycles. The van der Waals surface area contributed by atoms with E-state index in [9.17, 15) is 4.39 Å². The summed E-state index contributed by atoms with van der Waals surface area (Å²) in [6.07, 6.45) is 8.25. The summed E-state index contributed by atoms with van der Waals surface area (Å²) < 4.78 is 12.3. The molecule has 1 aromatic carbocycles. The van der Waals surface area contributed by atoms with Gasteiger partial charge in [-0.05, 0) is 73.4 Å². The minimum atomic E-state index is -0.301. The van der Waals surface area contributed by atoms with Gasteiger partial charge in [0.2, 0.25) is 0 Å². The van der Waals surface area contributed by atoms with Gasteiger partial charge in [0.05, 0.1) is 0 Å². The van der Waals surface area contributed by atoms with E-state index in [2.05, 4.69) is 66.0 Å². The van der Waals surface area contributed by atoms with Crippen molar-refractivity contribution in [3.8, 4) is 0 Å². The summed E-state index contributed by atoms with van der Waals surface area (Å²) >= 11 is 1.70. The molecular formula is C25H32FN3S. The monoisotopic (exact) mass is 425 g/mol. The first-order valence-corrected chi connectivity index (χ1v) is 11.5. The van der Waals surface area contributed by atoms with Crippen LogP contribution in [0.3, 0.4) is 0 Å². The number of benzene rings is 1. The van der Waals surface area contributed by atoms with Crippen LogP contribution in [-0.2, 0) is 0 Å². The molecule has 5 heteroatoms. The second-order valence-corrected chi connectivity index (χ2v) is 9.24. The van der Waals surface area contributed by atoms with Crippen molar-refractivity contribution in [2.45, 2.75) is 45.6 Å². The Morgan fingerprint density at radius 3 is 2.67 bits per heavy atom. The highest BCUT2D eigenvalue weighted by Crippen LogP contribution is 2.34. The third-order valence-corrected chi connectivity index (χ3v) is 6.81. The van der Waals surface area contributed by atoms with Crippen LogP contribution in [0.5, 0.6) is 0 Å². The van der Waals surface area contributed by atoms with Crippen LogP contribution < -0.4 is 10.6 Å². The van der Waals surface area contributed by atoms with Gasteiger partial charge in [0, 0.05) is 34.8 Å². The highest BCUT2D eigenvalue weighted by Gasteiger charge is 2.23. The first kappa shape index (κ1) is 22.6. The predicted molar refractivity (Wildman–Crippen MR) is 130 cm³/mol. The van der Waals surface area contributed by atoms with Crippen molar-refractivity contribution in [2.24, 2.45) is 5.92 Å². The quantitative estimate of drug-likeness (QED) is 0.458. The molecular weight excluding hydrogens is 393 g/mol. The largest absolute Gasteiger partial charge is 0.344 e. The lowest BCUT2D eigenvalue weighted by Gasteiger charge is -2.30. The first-order chi connectivity index (χ1) is 14.5. The molecule has 3 nitrogen and oxygen atoms in total. The Bertz CT molecular complexity index is 929. The number of anilines is 1. The Labute approximate surface area is 183 Å². The molecule has 0 saturated heterocycles. The summed E-state index contributed by atoms with van der Waals surface area (Å²) in [5, 5.41) is 8.95. The number of aromatic nitrogens is 1. The third-order valence-electron chi connectivity index (χ3n) is 5.77. The molecule has 160 valence electrons. The van der Waals surface area contributed by atoms with Crippen molar-refractivity contribution in [1.29, 1.82) is 0 Å². The predicted octanol–water partition coefficient (Wildman–Crippen LogP) is 6.91. The van der Waals surface area contributed by atoms with Crippen LogP contribution in [0.15, 0.2) is 60.3 Å². The van der Waals surface area contributed by atoms with E-state index in [1.54, 1.807) is 11.8 Å². The molecule has 1 saturated carbocycles. The highest BCUT2D eigenvalue weighted by atomic mass is 32.2. The standard InChI is InChI=1S/C25H32FN3S/c1-5-17(2)30-19(4)21-6-7-22-16-28-25(15-23(22)14-21)29-18(3)20-8-10-24(11-9-20)27-13-12-26/h5-7,14-16,20,24,27H,3-4,8-13H2,1-2H3,(H,28,29)/b17-5-. The molecule has 0 atom stereocenters. The normalized spacial score (nSPS) is 19.6. The zero-order valence-corrected chi connectivity index (χ0v) is 18.8. The van der Waals surface area contributed by atoms with Gasteiger partial charge in [-0.1, -0.05) is 43.1 Å². The number of rotatable bonds is 9. The van der Waals surface area contributed by atoms with Gasteiger partial charge in [0.15, 0.2) is 0 Å². The van der Waals surface area contributed by atoms with Crippen LogP contribution >= 0.6 is 11.8 Å². The van der Waals surface area contributed by atoms with Crippen molar-refractivity contribution in [1.82, 2.24) is 10.3 Å². The summed E-state index contributed by atoms with van der Waals surface area (Å²) in [4.78, 5) is 6.85. The number of halogens is 1. The number of pyridine rings is 1. The van der Waals surface area contributed by atoms with E-state index in [0.717, 1.165) is 58.4 Å². The lowest BCUT2D eigenvalue weighted by molar-refractivity contribution is 0.310. The van der Waals surface area contributed by atoms with E-state index in [-0.39, 0.29) is 6.67 Å². The maximum Gasteiger partial charge on any atom is 0.130 e. The third kappa shape index (κ3) is 5.96. The van der Waals surface area contributed by atoms with E-state index in [4.69, 9.17) is 0 Å². The molecule has 0 unspecified atom stereocenters. The second kappa shape index (κ2) is 10.8. The van der Waals surface area contributed by atoms with Gasteiger partial charge in [0.1, 0.15) is 12.5 Å². The van der Waals surface area contributed by atoms with Gasteiger partial charge in [-0.15, -0.1) is 0 Å². The molecule has 1 aromatic heterocycles. The van der Waals surface area contributed by atoms with Crippen LogP contribution in [0.25, 0.3) is 15.7 Å². The van der Waals surface area contributed by atoms with E-state index in [1.165, 1.54) is 4.91 Å². The number of nitrogens with one attached hydrogen (secondary N) is 2. The number of nitrogens with zero attached hydrogens (tertiary/aromatic N) is 1. The van der Waals surface area contributed by atoms with Crippen LogP contribution in [-0.4, -0.2) is 24.2 Å². The lowest BCUT2D eigenvalue weighted by atomic mass is 9.84. The number of hydrogen-bond donors (Lipinski definition) is 2. The number of alkyl halides is 1. The van der Waals surface area contributed by atoms with Gasteiger partial charge in [-0.25, -0.2) is 9.37 Å². The molecule has 1 fully saturated rings. The Morgan fingerprint density at radius 2 is 1.97 bits per heavy atom. The minimum Gasteiger partial charge on any atom is -0.344 e. The molecule has 0 amide bonds. The molecule has 1 aliphatic rings. The van der Waals surface area contributed by atoms with Crippen LogP contribution in [0.1, 0.15) is 45.1 Å². The summed E-state index contributed by atoms with van der Waals surface area (Å²) in [6.45, 7) is 12.8. The fraction of sp³-hybridized carbons (Fsp3) is 0.400. The van der Waals surface area contributed by atoms with Crippen LogP contribution in [0.4, 0.5) is 10.2 Å². The highest BCUT2D eigenvalue weighted by molar-refractivity contribution is 8.11. The SMILES string of the molecule is C=C(S/C(C)=C\C)c1ccc2cnc(NC(=C)C3CCC(NCCF)CC3)cc2c1. The van der Waals surface area contributed by atoms with Crippen molar-refractivity contribution in [2.75, 3.05) is 18.5 Å². The first-order valence-electron chi connectivity index (χ1n) is 10.6. The van der Waals surface area contributed by atoms with Gasteiger partial charge < -0.3 is 10.6 Å². The van der Waals surface area contributed by atoms with E-state index in [0.29, 0.717) is 18.5 Å². The molecule has 2 aromatic rings. The van der Waals surface area contributed by atoms with Crippen molar-refractivity contribution < 1.29 is 4.39 Å². The van der Waals surface area contributed by atoms with Gasteiger partial charge in [-0.2, -0.15) is 0 Å².